The standard InChI is InChI=1S/C23H27NO4/c1-23(2,3)28-22-18(27-4)9-8-15-12-17-20-14(6-5-7-16(20)21(15)22)10-11-24(17)13-19(25)26/h5-9,17H,10-13H2,1-4H3,(H,25,26)/t17-/m1/s1. The topological polar surface area (TPSA) is 59.0 Å². The highest BCUT2D eigenvalue weighted by Gasteiger charge is 2.37. The highest BCUT2D eigenvalue weighted by Crippen LogP contribution is 2.51. The van der Waals surface area contributed by atoms with Gasteiger partial charge in [0.1, 0.15) is 5.60 Å². The molecule has 28 heavy (non-hydrogen) atoms. The van der Waals surface area contributed by atoms with Crippen molar-refractivity contribution in [3.63, 3.8) is 0 Å². The molecule has 0 amide bonds. The number of benzene rings is 2. The maximum atomic E-state index is 11.4. The molecule has 0 saturated carbocycles. The largest absolute Gasteiger partial charge is 0.493 e. The molecule has 5 nitrogen and oxygen atoms in total. The van der Waals surface area contributed by atoms with E-state index < -0.39 is 5.97 Å². The van der Waals surface area contributed by atoms with Crippen molar-refractivity contribution in [1.29, 1.82) is 0 Å². The first-order valence-electron chi connectivity index (χ1n) is 9.75. The van der Waals surface area contributed by atoms with Gasteiger partial charge in [-0.1, -0.05) is 24.3 Å². The van der Waals surface area contributed by atoms with Crippen molar-refractivity contribution in [2.75, 3.05) is 20.2 Å². The van der Waals surface area contributed by atoms with Gasteiger partial charge in [-0.2, -0.15) is 0 Å². The van der Waals surface area contributed by atoms with Crippen molar-refractivity contribution in [1.82, 2.24) is 4.90 Å². The summed E-state index contributed by atoms with van der Waals surface area (Å²) in [4.78, 5) is 13.5. The average Bonchev–Trinajstić information content (AvgIpc) is 2.62. The minimum absolute atomic E-state index is 0.0648. The SMILES string of the molecule is COc1ccc2c(c1OC(C)(C)C)-c1cccc3c1[C@@H](C2)N(CC(=O)O)CC3. The third-order valence-electron chi connectivity index (χ3n) is 5.50. The molecule has 2 aromatic rings. The Bertz CT molecular complexity index is 929. The predicted molar refractivity (Wildman–Crippen MR) is 108 cm³/mol. The van der Waals surface area contributed by atoms with Crippen LogP contribution < -0.4 is 9.47 Å². The summed E-state index contributed by atoms with van der Waals surface area (Å²) in [5.41, 5.74) is 5.58. The van der Waals surface area contributed by atoms with Gasteiger partial charge in [0.25, 0.3) is 0 Å². The Balaban J connectivity index is 1.91. The van der Waals surface area contributed by atoms with E-state index in [9.17, 15) is 9.90 Å². The average molecular weight is 381 g/mol. The second kappa shape index (κ2) is 6.82. The van der Waals surface area contributed by atoms with Crippen LogP contribution in [-0.2, 0) is 17.6 Å². The maximum Gasteiger partial charge on any atom is 0.317 e. The predicted octanol–water partition coefficient (Wildman–Crippen LogP) is 4.08. The summed E-state index contributed by atoms with van der Waals surface area (Å²) in [5, 5.41) is 9.37. The van der Waals surface area contributed by atoms with Gasteiger partial charge in [-0.15, -0.1) is 0 Å². The van der Waals surface area contributed by atoms with Crippen molar-refractivity contribution < 1.29 is 19.4 Å². The van der Waals surface area contributed by atoms with Crippen LogP contribution in [0.15, 0.2) is 30.3 Å². The van der Waals surface area contributed by atoms with Crippen molar-refractivity contribution in [2.45, 2.75) is 45.3 Å². The number of aliphatic carboxylic acids is 1. The first-order valence-corrected chi connectivity index (χ1v) is 9.75. The zero-order valence-electron chi connectivity index (χ0n) is 16.9. The normalized spacial score (nSPS) is 18.2. The Hall–Kier alpha value is -2.53. The van der Waals surface area contributed by atoms with Crippen LogP contribution in [0.3, 0.4) is 0 Å². The van der Waals surface area contributed by atoms with Gasteiger partial charge < -0.3 is 14.6 Å². The molecule has 1 aliphatic carbocycles. The molecule has 1 aliphatic heterocycles. The van der Waals surface area contributed by atoms with E-state index in [1.165, 1.54) is 16.7 Å². The molecular formula is C23H27NO4. The summed E-state index contributed by atoms with van der Waals surface area (Å²) >= 11 is 0. The fourth-order valence-corrected chi connectivity index (χ4v) is 4.49. The summed E-state index contributed by atoms with van der Waals surface area (Å²) in [5.74, 6) is 0.718. The minimum atomic E-state index is -0.779. The van der Waals surface area contributed by atoms with Gasteiger partial charge in [0.05, 0.1) is 13.7 Å². The second-order valence-electron chi connectivity index (χ2n) is 8.56. The number of hydrogen-bond acceptors (Lipinski definition) is 4. The Morgan fingerprint density at radius 1 is 1.21 bits per heavy atom. The number of carboxylic acids is 1. The van der Waals surface area contributed by atoms with Crippen LogP contribution in [0.4, 0.5) is 0 Å². The lowest BCUT2D eigenvalue weighted by Crippen LogP contribution is -2.41. The monoisotopic (exact) mass is 381 g/mol. The number of hydrogen-bond donors (Lipinski definition) is 1. The van der Waals surface area contributed by atoms with E-state index in [0.717, 1.165) is 42.0 Å². The first kappa shape index (κ1) is 18.8. The summed E-state index contributed by atoms with van der Waals surface area (Å²) in [6.07, 6.45) is 1.64. The number of methoxy groups -OCH3 is 1. The second-order valence-corrected chi connectivity index (χ2v) is 8.56. The van der Waals surface area contributed by atoms with Gasteiger partial charge in [0.2, 0.25) is 0 Å². The molecule has 148 valence electrons. The quantitative estimate of drug-likeness (QED) is 0.865. The number of carbonyl (C=O) groups is 1. The molecule has 1 heterocycles. The summed E-state index contributed by atoms with van der Waals surface area (Å²) < 4.78 is 12.0. The molecule has 1 atom stereocenters. The van der Waals surface area contributed by atoms with E-state index in [1.54, 1.807) is 7.11 Å². The molecule has 0 unspecified atom stereocenters. The lowest BCUT2D eigenvalue weighted by atomic mass is 9.76. The van der Waals surface area contributed by atoms with Crippen LogP contribution >= 0.6 is 0 Å². The van der Waals surface area contributed by atoms with Gasteiger partial charge in [-0.25, -0.2) is 0 Å². The van der Waals surface area contributed by atoms with Crippen molar-refractivity contribution in [3.05, 3.63) is 47.0 Å². The Labute approximate surface area is 165 Å². The third kappa shape index (κ3) is 3.24. The molecule has 0 radical (unpaired) electrons. The Morgan fingerprint density at radius 3 is 2.68 bits per heavy atom. The van der Waals surface area contributed by atoms with Crippen LogP contribution in [0.5, 0.6) is 11.5 Å². The summed E-state index contributed by atoms with van der Waals surface area (Å²) in [7, 11) is 1.66. The van der Waals surface area contributed by atoms with Crippen LogP contribution in [0.25, 0.3) is 11.1 Å². The van der Waals surface area contributed by atoms with E-state index in [2.05, 4.69) is 29.2 Å². The molecule has 4 rings (SSSR count). The number of nitrogens with zero attached hydrogens (tertiary/aromatic N) is 1. The molecule has 0 spiro atoms. The van der Waals surface area contributed by atoms with Gasteiger partial charge in [-0.3, -0.25) is 9.69 Å². The molecule has 2 aromatic carbocycles. The molecule has 0 saturated heterocycles. The summed E-state index contributed by atoms with van der Waals surface area (Å²) in [6, 6.07) is 10.5. The minimum Gasteiger partial charge on any atom is -0.493 e. The molecule has 1 N–H and O–H groups in total. The number of fused-ring (bicyclic) bond motifs is 2. The van der Waals surface area contributed by atoms with Gasteiger partial charge in [0, 0.05) is 18.2 Å². The highest BCUT2D eigenvalue weighted by molar-refractivity contribution is 5.83. The van der Waals surface area contributed by atoms with E-state index in [1.807, 2.05) is 26.8 Å². The highest BCUT2D eigenvalue weighted by atomic mass is 16.5. The van der Waals surface area contributed by atoms with Crippen molar-refractivity contribution >= 4 is 5.97 Å². The van der Waals surface area contributed by atoms with E-state index in [0.29, 0.717) is 0 Å². The molecular weight excluding hydrogens is 354 g/mol. The molecule has 0 fully saturated rings. The number of carboxylic acid groups (broad SMARTS) is 1. The number of ether oxygens (including phenoxy) is 2. The summed E-state index contributed by atoms with van der Waals surface area (Å²) in [6.45, 7) is 6.94. The smallest absolute Gasteiger partial charge is 0.317 e. The van der Waals surface area contributed by atoms with E-state index >= 15 is 0 Å². The lowest BCUT2D eigenvalue weighted by Gasteiger charge is -2.41. The lowest BCUT2D eigenvalue weighted by molar-refractivity contribution is -0.139. The van der Waals surface area contributed by atoms with E-state index in [-0.39, 0.29) is 18.2 Å². The van der Waals surface area contributed by atoms with Gasteiger partial charge in [-0.05, 0) is 61.9 Å². The fraction of sp³-hybridized carbons (Fsp3) is 0.435. The zero-order valence-corrected chi connectivity index (χ0v) is 16.9. The molecule has 0 aromatic heterocycles. The van der Waals surface area contributed by atoms with E-state index in [4.69, 9.17) is 9.47 Å². The first-order chi connectivity index (χ1) is 13.3. The van der Waals surface area contributed by atoms with Gasteiger partial charge >= 0.3 is 5.97 Å². The molecule has 2 aliphatic rings. The van der Waals surface area contributed by atoms with Crippen LogP contribution in [-0.4, -0.2) is 41.8 Å². The van der Waals surface area contributed by atoms with Crippen LogP contribution in [0.1, 0.15) is 43.5 Å². The number of rotatable bonds is 4. The van der Waals surface area contributed by atoms with Crippen LogP contribution in [0, 0.1) is 0 Å². The maximum absolute atomic E-state index is 11.4. The fourth-order valence-electron chi connectivity index (χ4n) is 4.49. The molecule has 0 bridgehead atoms. The zero-order chi connectivity index (χ0) is 20.1. The van der Waals surface area contributed by atoms with Gasteiger partial charge in [0.15, 0.2) is 11.5 Å². The molecule has 5 heteroatoms. The Kier molecular flexibility index (Phi) is 4.58. The third-order valence-corrected chi connectivity index (χ3v) is 5.50. The van der Waals surface area contributed by atoms with Crippen LogP contribution in [0.2, 0.25) is 0 Å². The van der Waals surface area contributed by atoms with Crippen molar-refractivity contribution in [3.8, 4) is 22.6 Å². The van der Waals surface area contributed by atoms with Crippen molar-refractivity contribution in [2.24, 2.45) is 0 Å². The Morgan fingerprint density at radius 2 is 2.00 bits per heavy atom.